The van der Waals surface area contributed by atoms with Gasteiger partial charge in [-0.2, -0.15) is 0 Å². The third-order valence-electron chi connectivity index (χ3n) is 0.766. The number of carboxylic acid groups (broad SMARTS) is 1. The van der Waals surface area contributed by atoms with Gasteiger partial charge in [-0.1, -0.05) is 22.6 Å². The summed E-state index contributed by atoms with van der Waals surface area (Å²) >= 11 is 1.94. The number of aliphatic carboxylic acids is 1. The van der Waals surface area contributed by atoms with Crippen molar-refractivity contribution in [1.29, 1.82) is 0 Å². The van der Waals surface area contributed by atoms with Crippen molar-refractivity contribution < 1.29 is 9.90 Å². The summed E-state index contributed by atoms with van der Waals surface area (Å²) < 4.78 is 0.431. The SMILES string of the molecule is CC(N)(CI)C(=O)O. The summed E-state index contributed by atoms with van der Waals surface area (Å²) in [6.07, 6.45) is 0. The van der Waals surface area contributed by atoms with Crippen molar-refractivity contribution in [3.05, 3.63) is 0 Å². The van der Waals surface area contributed by atoms with Gasteiger partial charge in [0.1, 0.15) is 5.54 Å². The zero-order chi connectivity index (χ0) is 6.78. The summed E-state index contributed by atoms with van der Waals surface area (Å²) in [5.74, 6) is -0.952. The Bertz CT molecular complexity index is 102. The Balaban J connectivity index is 3.91. The van der Waals surface area contributed by atoms with Crippen molar-refractivity contribution in [2.75, 3.05) is 4.43 Å². The van der Waals surface area contributed by atoms with Crippen LogP contribution in [-0.4, -0.2) is 21.0 Å². The van der Waals surface area contributed by atoms with Gasteiger partial charge in [-0.15, -0.1) is 0 Å². The molecule has 0 saturated heterocycles. The number of nitrogens with two attached hydrogens (primary N) is 1. The molecule has 3 N–H and O–H groups in total. The molecular formula is C4H8INO2. The fourth-order valence-corrected chi connectivity index (χ4v) is 0.383. The van der Waals surface area contributed by atoms with Crippen molar-refractivity contribution >= 4 is 28.6 Å². The summed E-state index contributed by atoms with van der Waals surface area (Å²) in [4.78, 5) is 10.1. The summed E-state index contributed by atoms with van der Waals surface area (Å²) in [5.41, 5.74) is 4.20. The highest BCUT2D eigenvalue weighted by Crippen LogP contribution is 2.02. The van der Waals surface area contributed by atoms with Gasteiger partial charge in [-0.25, -0.2) is 0 Å². The van der Waals surface area contributed by atoms with E-state index >= 15 is 0 Å². The van der Waals surface area contributed by atoms with Crippen molar-refractivity contribution in [3.8, 4) is 0 Å². The van der Waals surface area contributed by atoms with Crippen LogP contribution in [0.15, 0.2) is 0 Å². The monoisotopic (exact) mass is 229 g/mol. The number of carboxylic acids is 1. The minimum Gasteiger partial charge on any atom is -0.480 e. The molecule has 0 radical (unpaired) electrons. The van der Waals surface area contributed by atoms with Crippen LogP contribution < -0.4 is 5.73 Å². The van der Waals surface area contributed by atoms with Crippen LogP contribution in [0.4, 0.5) is 0 Å². The summed E-state index contributed by atoms with van der Waals surface area (Å²) in [7, 11) is 0. The zero-order valence-electron chi connectivity index (χ0n) is 4.52. The molecular weight excluding hydrogens is 221 g/mol. The molecule has 0 aliphatic carbocycles. The van der Waals surface area contributed by atoms with E-state index in [4.69, 9.17) is 10.8 Å². The number of carbonyl (C=O) groups is 1. The molecule has 1 atom stereocenters. The molecule has 0 rings (SSSR count). The topological polar surface area (TPSA) is 63.3 Å². The lowest BCUT2D eigenvalue weighted by Crippen LogP contribution is -2.46. The van der Waals surface area contributed by atoms with Gasteiger partial charge in [0, 0.05) is 4.43 Å². The quantitative estimate of drug-likeness (QED) is 0.526. The molecule has 1 unspecified atom stereocenters. The highest BCUT2D eigenvalue weighted by molar-refractivity contribution is 14.1. The molecule has 48 valence electrons. The van der Waals surface area contributed by atoms with Gasteiger partial charge in [0.2, 0.25) is 0 Å². The molecule has 0 aromatic rings. The van der Waals surface area contributed by atoms with Crippen molar-refractivity contribution in [1.82, 2.24) is 0 Å². The lowest BCUT2D eigenvalue weighted by Gasteiger charge is -2.13. The largest absolute Gasteiger partial charge is 0.480 e. The third-order valence-corrected chi connectivity index (χ3v) is 2.35. The van der Waals surface area contributed by atoms with Crippen LogP contribution in [0.25, 0.3) is 0 Å². The molecule has 0 aliphatic rings. The van der Waals surface area contributed by atoms with Crippen molar-refractivity contribution in [3.63, 3.8) is 0 Å². The molecule has 0 aromatic heterocycles. The van der Waals surface area contributed by atoms with Crippen LogP contribution in [-0.2, 0) is 4.79 Å². The minimum absolute atomic E-state index is 0.431. The second-order valence-electron chi connectivity index (χ2n) is 1.86. The van der Waals surface area contributed by atoms with Gasteiger partial charge < -0.3 is 10.8 Å². The van der Waals surface area contributed by atoms with E-state index in [1.54, 1.807) is 0 Å². The fourth-order valence-electron chi connectivity index (χ4n) is 0.0572. The van der Waals surface area contributed by atoms with E-state index in [9.17, 15) is 4.79 Å². The van der Waals surface area contributed by atoms with Crippen LogP contribution in [0.2, 0.25) is 0 Å². The van der Waals surface area contributed by atoms with Gasteiger partial charge in [-0.3, -0.25) is 4.79 Å². The number of hydrogen-bond donors (Lipinski definition) is 2. The molecule has 0 bridgehead atoms. The summed E-state index contributed by atoms with van der Waals surface area (Å²) in [6.45, 7) is 1.49. The van der Waals surface area contributed by atoms with Gasteiger partial charge in [0.05, 0.1) is 0 Å². The molecule has 3 nitrogen and oxygen atoms in total. The molecule has 0 saturated carbocycles. The molecule has 0 aliphatic heterocycles. The summed E-state index contributed by atoms with van der Waals surface area (Å²) in [5, 5.41) is 8.31. The highest BCUT2D eigenvalue weighted by atomic mass is 127. The highest BCUT2D eigenvalue weighted by Gasteiger charge is 2.25. The Morgan fingerprint density at radius 2 is 2.38 bits per heavy atom. The first-order chi connectivity index (χ1) is 3.50. The predicted molar refractivity (Wildman–Crippen MR) is 39.1 cm³/mol. The molecule has 8 heavy (non-hydrogen) atoms. The van der Waals surface area contributed by atoms with E-state index in [1.165, 1.54) is 6.92 Å². The Labute approximate surface area is 61.4 Å². The van der Waals surface area contributed by atoms with Crippen LogP contribution in [0.3, 0.4) is 0 Å². The first-order valence-electron chi connectivity index (χ1n) is 2.09. The van der Waals surface area contributed by atoms with Crippen LogP contribution >= 0.6 is 22.6 Å². The minimum atomic E-state index is -1.06. The van der Waals surface area contributed by atoms with Gasteiger partial charge in [0.25, 0.3) is 0 Å². The van der Waals surface area contributed by atoms with Gasteiger partial charge >= 0.3 is 5.97 Å². The first kappa shape index (κ1) is 8.16. The van der Waals surface area contributed by atoms with E-state index in [0.29, 0.717) is 4.43 Å². The Morgan fingerprint density at radius 1 is 2.00 bits per heavy atom. The van der Waals surface area contributed by atoms with E-state index in [1.807, 2.05) is 22.6 Å². The lowest BCUT2D eigenvalue weighted by atomic mass is 10.1. The molecule has 0 heterocycles. The Kier molecular flexibility index (Phi) is 2.68. The maximum atomic E-state index is 10.1. The maximum Gasteiger partial charge on any atom is 0.324 e. The van der Waals surface area contributed by atoms with Gasteiger partial charge in [0.15, 0.2) is 0 Å². The second-order valence-corrected chi connectivity index (χ2v) is 2.62. The predicted octanol–water partition coefficient (Wildman–Crippen LogP) is 0.223. The van der Waals surface area contributed by atoms with E-state index < -0.39 is 11.5 Å². The second kappa shape index (κ2) is 2.63. The summed E-state index contributed by atoms with van der Waals surface area (Å²) in [6, 6.07) is 0. The van der Waals surface area contributed by atoms with Crippen molar-refractivity contribution in [2.24, 2.45) is 5.73 Å². The first-order valence-corrected chi connectivity index (χ1v) is 3.61. The average molecular weight is 229 g/mol. The molecule has 0 fully saturated rings. The van der Waals surface area contributed by atoms with E-state index in [-0.39, 0.29) is 0 Å². The number of alkyl halides is 1. The lowest BCUT2D eigenvalue weighted by molar-refractivity contribution is -0.141. The number of halogens is 1. The normalized spacial score (nSPS) is 17.4. The van der Waals surface area contributed by atoms with Crippen LogP contribution in [0.1, 0.15) is 6.92 Å². The third kappa shape index (κ3) is 1.95. The molecule has 4 heteroatoms. The standard InChI is InChI=1S/C4H8INO2/c1-4(6,2-5)3(7)8/h2,6H2,1H3,(H,7,8). The Hall–Kier alpha value is 0.160. The Morgan fingerprint density at radius 3 is 2.38 bits per heavy atom. The number of rotatable bonds is 2. The van der Waals surface area contributed by atoms with Gasteiger partial charge in [-0.05, 0) is 6.92 Å². The maximum absolute atomic E-state index is 10.1. The number of hydrogen-bond acceptors (Lipinski definition) is 2. The van der Waals surface area contributed by atoms with E-state index in [0.717, 1.165) is 0 Å². The molecule has 0 amide bonds. The molecule has 0 aromatic carbocycles. The molecule has 0 spiro atoms. The van der Waals surface area contributed by atoms with Crippen LogP contribution in [0.5, 0.6) is 0 Å². The fraction of sp³-hybridized carbons (Fsp3) is 0.750. The van der Waals surface area contributed by atoms with Crippen molar-refractivity contribution in [2.45, 2.75) is 12.5 Å². The van der Waals surface area contributed by atoms with E-state index in [2.05, 4.69) is 0 Å². The zero-order valence-corrected chi connectivity index (χ0v) is 6.68. The average Bonchev–Trinajstić information content (AvgIpc) is 1.67. The smallest absolute Gasteiger partial charge is 0.324 e. The van der Waals surface area contributed by atoms with Crippen LogP contribution in [0, 0.1) is 0 Å².